The summed E-state index contributed by atoms with van der Waals surface area (Å²) in [4.78, 5) is 19.0. The number of thiazole rings is 1. The molecule has 1 N–H and O–H groups in total. The smallest absolute Gasteiger partial charge is 0.298 e. The highest BCUT2D eigenvalue weighted by Crippen LogP contribution is 2.31. The van der Waals surface area contributed by atoms with Gasteiger partial charge in [0.1, 0.15) is 0 Å². The molecule has 8 heteroatoms. The summed E-state index contributed by atoms with van der Waals surface area (Å²) in [6, 6.07) is 0.761. The second-order valence-corrected chi connectivity index (χ2v) is 4.10. The van der Waals surface area contributed by atoms with Crippen LogP contribution < -0.4 is 5.32 Å². The first-order valence-electron chi connectivity index (χ1n) is 4.70. The van der Waals surface area contributed by atoms with Crippen molar-refractivity contribution in [1.82, 2.24) is 9.97 Å². The molecule has 0 aliphatic carbocycles. The van der Waals surface area contributed by atoms with Crippen LogP contribution in [0.3, 0.4) is 0 Å². The summed E-state index contributed by atoms with van der Waals surface area (Å²) in [7, 11) is 0. The summed E-state index contributed by atoms with van der Waals surface area (Å²) in [5.41, 5.74) is -1.55. The molecule has 0 atom stereocenters. The maximum Gasteiger partial charge on any atom is 0.417 e. The summed E-state index contributed by atoms with van der Waals surface area (Å²) in [6.45, 7) is 0. The van der Waals surface area contributed by atoms with E-state index in [-0.39, 0.29) is 5.13 Å². The van der Waals surface area contributed by atoms with Crippen molar-refractivity contribution in [3.8, 4) is 0 Å². The molecule has 0 saturated heterocycles. The Balaban J connectivity index is 2.31. The molecular weight excluding hydrogens is 267 g/mol. The first-order valence-corrected chi connectivity index (χ1v) is 5.58. The van der Waals surface area contributed by atoms with Crippen molar-refractivity contribution in [3.05, 3.63) is 41.2 Å². The third-order valence-corrected chi connectivity index (χ3v) is 2.71. The number of nitrogens with one attached hydrogen (secondary N) is 1. The lowest BCUT2D eigenvalue weighted by atomic mass is 10.1. The van der Waals surface area contributed by atoms with Crippen LogP contribution in [0.1, 0.15) is 15.9 Å². The zero-order valence-electron chi connectivity index (χ0n) is 8.73. The van der Waals surface area contributed by atoms with Crippen molar-refractivity contribution in [2.24, 2.45) is 0 Å². The van der Waals surface area contributed by atoms with Crippen LogP contribution in [0.2, 0.25) is 0 Å². The normalized spacial score (nSPS) is 11.3. The van der Waals surface area contributed by atoms with Gasteiger partial charge in [0, 0.05) is 24.0 Å². The van der Waals surface area contributed by atoms with Crippen molar-refractivity contribution < 1.29 is 18.0 Å². The van der Waals surface area contributed by atoms with Crippen molar-refractivity contribution in [2.45, 2.75) is 6.18 Å². The molecule has 2 rings (SSSR count). The van der Waals surface area contributed by atoms with Gasteiger partial charge in [-0.1, -0.05) is 0 Å². The Morgan fingerprint density at radius 3 is 2.72 bits per heavy atom. The lowest BCUT2D eigenvalue weighted by Crippen LogP contribution is -2.18. The Kier molecular flexibility index (Phi) is 3.28. The first kappa shape index (κ1) is 12.5. The van der Waals surface area contributed by atoms with E-state index in [9.17, 15) is 18.0 Å². The number of hydrogen-bond acceptors (Lipinski definition) is 4. The number of anilines is 1. The molecule has 4 nitrogen and oxygen atoms in total. The molecule has 0 fully saturated rings. The Morgan fingerprint density at radius 2 is 2.11 bits per heavy atom. The summed E-state index contributed by atoms with van der Waals surface area (Å²) >= 11 is 1.11. The van der Waals surface area contributed by atoms with E-state index in [2.05, 4.69) is 15.3 Å². The lowest BCUT2D eigenvalue weighted by molar-refractivity contribution is -0.137. The van der Waals surface area contributed by atoms with Crippen LogP contribution in [-0.4, -0.2) is 15.9 Å². The number of aromatic nitrogens is 2. The minimum absolute atomic E-state index is 0.233. The van der Waals surface area contributed by atoms with E-state index in [4.69, 9.17) is 0 Å². The number of alkyl halides is 3. The summed E-state index contributed by atoms with van der Waals surface area (Å²) < 4.78 is 38.0. The first-order chi connectivity index (χ1) is 8.48. The van der Waals surface area contributed by atoms with Gasteiger partial charge in [0.2, 0.25) is 0 Å². The Morgan fingerprint density at radius 1 is 1.33 bits per heavy atom. The molecule has 0 radical (unpaired) electrons. The van der Waals surface area contributed by atoms with Crippen LogP contribution in [0.5, 0.6) is 0 Å². The van der Waals surface area contributed by atoms with Crippen LogP contribution >= 0.6 is 11.3 Å². The van der Waals surface area contributed by atoms with Crippen molar-refractivity contribution in [3.63, 3.8) is 0 Å². The average Bonchev–Trinajstić information content (AvgIpc) is 2.80. The molecular formula is C10H6F3N3OS. The van der Waals surface area contributed by atoms with E-state index in [1.54, 1.807) is 5.38 Å². The highest BCUT2D eigenvalue weighted by Gasteiger charge is 2.35. The molecule has 94 valence electrons. The fourth-order valence-electron chi connectivity index (χ4n) is 1.27. The number of hydrogen-bond donors (Lipinski definition) is 1. The third kappa shape index (κ3) is 2.65. The van der Waals surface area contributed by atoms with Crippen LogP contribution in [0.25, 0.3) is 0 Å². The van der Waals surface area contributed by atoms with Gasteiger partial charge < -0.3 is 0 Å². The topological polar surface area (TPSA) is 54.9 Å². The molecule has 0 aliphatic rings. The van der Waals surface area contributed by atoms with Gasteiger partial charge in [0.15, 0.2) is 5.13 Å². The summed E-state index contributed by atoms with van der Waals surface area (Å²) in [6.07, 6.45) is -1.29. The SMILES string of the molecule is O=C(Nc1nccs1)c1cnccc1C(F)(F)F. The van der Waals surface area contributed by atoms with E-state index < -0.39 is 23.2 Å². The predicted octanol–water partition coefficient (Wildman–Crippen LogP) is 2.81. The van der Waals surface area contributed by atoms with Crippen molar-refractivity contribution in [2.75, 3.05) is 5.32 Å². The molecule has 0 unspecified atom stereocenters. The van der Waals surface area contributed by atoms with Gasteiger partial charge in [-0.05, 0) is 6.07 Å². The molecule has 0 aliphatic heterocycles. The van der Waals surface area contributed by atoms with Crippen LogP contribution in [0.15, 0.2) is 30.0 Å². The molecule has 0 spiro atoms. The quantitative estimate of drug-likeness (QED) is 0.915. The van der Waals surface area contributed by atoms with E-state index in [0.717, 1.165) is 29.8 Å². The van der Waals surface area contributed by atoms with E-state index in [1.165, 1.54) is 6.20 Å². The standard InChI is InChI=1S/C10H6F3N3OS/c11-10(12,13)7-1-2-14-5-6(7)8(17)16-9-15-3-4-18-9/h1-5H,(H,15,16,17). The monoisotopic (exact) mass is 273 g/mol. The molecule has 18 heavy (non-hydrogen) atoms. The zero-order valence-corrected chi connectivity index (χ0v) is 9.55. The fourth-order valence-corrected chi connectivity index (χ4v) is 1.80. The lowest BCUT2D eigenvalue weighted by Gasteiger charge is -2.10. The maximum atomic E-state index is 12.7. The van der Waals surface area contributed by atoms with Gasteiger partial charge in [0.05, 0.1) is 11.1 Å². The third-order valence-electron chi connectivity index (χ3n) is 2.02. The van der Waals surface area contributed by atoms with Gasteiger partial charge in [0.25, 0.3) is 5.91 Å². The van der Waals surface area contributed by atoms with Crippen LogP contribution in [0, 0.1) is 0 Å². The summed E-state index contributed by atoms with van der Waals surface area (Å²) in [5.74, 6) is -0.884. The predicted molar refractivity (Wildman–Crippen MR) is 59.3 cm³/mol. The molecule has 2 aromatic heterocycles. The van der Waals surface area contributed by atoms with Gasteiger partial charge in [-0.25, -0.2) is 4.98 Å². The molecule has 1 amide bonds. The molecule has 0 bridgehead atoms. The van der Waals surface area contributed by atoms with Gasteiger partial charge in [-0.15, -0.1) is 11.3 Å². The average molecular weight is 273 g/mol. The highest BCUT2D eigenvalue weighted by atomic mass is 32.1. The largest absolute Gasteiger partial charge is 0.417 e. The van der Waals surface area contributed by atoms with Gasteiger partial charge >= 0.3 is 6.18 Å². The molecule has 0 aromatic carbocycles. The minimum atomic E-state index is -4.60. The van der Waals surface area contributed by atoms with E-state index in [1.807, 2.05) is 0 Å². The van der Waals surface area contributed by atoms with Crippen molar-refractivity contribution >= 4 is 22.4 Å². The number of carbonyl (C=O) groups excluding carboxylic acids is 1. The Bertz CT molecular complexity index is 554. The summed E-state index contributed by atoms with van der Waals surface area (Å²) in [5, 5.41) is 4.11. The Hall–Kier alpha value is -1.96. The zero-order chi connectivity index (χ0) is 13.2. The van der Waals surface area contributed by atoms with Crippen LogP contribution in [-0.2, 0) is 6.18 Å². The number of pyridine rings is 1. The minimum Gasteiger partial charge on any atom is -0.298 e. The second-order valence-electron chi connectivity index (χ2n) is 3.21. The number of carbonyl (C=O) groups is 1. The van der Waals surface area contributed by atoms with E-state index >= 15 is 0 Å². The second kappa shape index (κ2) is 4.73. The molecule has 2 aromatic rings. The number of amides is 1. The van der Waals surface area contributed by atoms with E-state index in [0.29, 0.717) is 0 Å². The number of rotatable bonds is 2. The molecule has 2 heterocycles. The fraction of sp³-hybridized carbons (Fsp3) is 0.100. The van der Waals surface area contributed by atoms with Crippen molar-refractivity contribution in [1.29, 1.82) is 0 Å². The number of halogens is 3. The van der Waals surface area contributed by atoms with Crippen LogP contribution in [0.4, 0.5) is 18.3 Å². The van der Waals surface area contributed by atoms with Gasteiger partial charge in [-0.2, -0.15) is 13.2 Å². The van der Waals surface area contributed by atoms with Gasteiger partial charge in [-0.3, -0.25) is 15.1 Å². The number of nitrogens with zero attached hydrogens (tertiary/aromatic N) is 2. The highest BCUT2D eigenvalue weighted by molar-refractivity contribution is 7.13. The maximum absolute atomic E-state index is 12.7. The molecule has 0 saturated carbocycles. The Labute approximate surface area is 104 Å².